The molecule has 1 fully saturated rings. The largest absolute Gasteiger partial charge is 0.346 e. The summed E-state index contributed by atoms with van der Waals surface area (Å²) in [6, 6.07) is 0. The normalized spacial score (nSPS) is 17.8. The molecule has 1 aliphatic rings. The van der Waals surface area contributed by atoms with Crippen LogP contribution in [0.4, 0.5) is 0 Å². The monoisotopic (exact) mass is 240 g/mol. The van der Waals surface area contributed by atoms with Gasteiger partial charge in [0.15, 0.2) is 0 Å². The number of nitrogens with two attached hydrogens (primary N) is 1. The highest BCUT2D eigenvalue weighted by atomic mass is 16.2. The predicted molar refractivity (Wildman–Crippen MR) is 71.7 cm³/mol. The Morgan fingerprint density at radius 1 is 1.12 bits per heavy atom. The highest BCUT2D eigenvalue weighted by Crippen LogP contribution is 2.24. The van der Waals surface area contributed by atoms with Crippen LogP contribution in [0.1, 0.15) is 57.8 Å². The zero-order valence-corrected chi connectivity index (χ0v) is 11.3. The quantitative estimate of drug-likeness (QED) is 0.573. The molecule has 2 N–H and O–H groups in total. The van der Waals surface area contributed by atoms with E-state index in [1.807, 2.05) is 11.9 Å². The molecule has 1 saturated carbocycles. The summed E-state index contributed by atoms with van der Waals surface area (Å²) < 4.78 is 0. The molecule has 1 aliphatic carbocycles. The van der Waals surface area contributed by atoms with Crippen molar-refractivity contribution in [3.63, 3.8) is 0 Å². The maximum atomic E-state index is 12.2. The minimum absolute atomic E-state index is 0.303. The van der Waals surface area contributed by atoms with E-state index in [-0.39, 0.29) is 0 Å². The fourth-order valence-corrected chi connectivity index (χ4v) is 2.62. The molecule has 0 saturated heterocycles. The lowest BCUT2D eigenvalue weighted by Gasteiger charge is -2.22. The SMILES string of the molecule is CN(CCCCCN)C(=O)C1CCCCCC1. The number of amides is 1. The van der Waals surface area contributed by atoms with Crippen LogP contribution in [-0.2, 0) is 4.79 Å². The average molecular weight is 240 g/mol. The molecule has 0 unspecified atom stereocenters. The molecule has 3 heteroatoms. The molecule has 3 nitrogen and oxygen atoms in total. The first-order chi connectivity index (χ1) is 8.25. The van der Waals surface area contributed by atoms with Crippen molar-refractivity contribution in [3.05, 3.63) is 0 Å². The van der Waals surface area contributed by atoms with Crippen molar-refractivity contribution in [3.8, 4) is 0 Å². The van der Waals surface area contributed by atoms with Crippen molar-refractivity contribution >= 4 is 5.91 Å². The number of rotatable bonds is 6. The summed E-state index contributed by atoms with van der Waals surface area (Å²) in [7, 11) is 1.95. The van der Waals surface area contributed by atoms with Crippen LogP contribution >= 0.6 is 0 Å². The Morgan fingerprint density at radius 2 is 1.76 bits per heavy atom. The molecule has 100 valence electrons. The summed E-state index contributed by atoms with van der Waals surface area (Å²) in [5.74, 6) is 0.677. The lowest BCUT2D eigenvalue weighted by Crippen LogP contribution is -2.33. The summed E-state index contributed by atoms with van der Waals surface area (Å²) in [5, 5.41) is 0. The van der Waals surface area contributed by atoms with E-state index in [1.165, 1.54) is 25.7 Å². The molecule has 0 aliphatic heterocycles. The van der Waals surface area contributed by atoms with Gasteiger partial charge in [-0.3, -0.25) is 4.79 Å². The Labute approximate surface area is 106 Å². The Kier molecular flexibility index (Phi) is 7.25. The van der Waals surface area contributed by atoms with Crippen molar-refractivity contribution in [2.45, 2.75) is 57.8 Å². The van der Waals surface area contributed by atoms with E-state index < -0.39 is 0 Å². The number of hydrogen-bond acceptors (Lipinski definition) is 2. The minimum Gasteiger partial charge on any atom is -0.346 e. The van der Waals surface area contributed by atoms with E-state index in [2.05, 4.69) is 0 Å². The van der Waals surface area contributed by atoms with Crippen LogP contribution in [0.15, 0.2) is 0 Å². The first-order valence-corrected chi connectivity index (χ1v) is 7.20. The van der Waals surface area contributed by atoms with Crippen molar-refractivity contribution in [1.29, 1.82) is 0 Å². The van der Waals surface area contributed by atoms with Crippen molar-refractivity contribution in [2.24, 2.45) is 11.7 Å². The van der Waals surface area contributed by atoms with Crippen LogP contribution in [0, 0.1) is 5.92 Å². The highest BCUT2D eigenvalue weighted by Gasteiger charge is 2.22. The lowest BCUT2D eigenvalue weighted by atomic mass is 9.99. The summed E-state index contributed by atoms with van der Waals surface area (Å²) in [5.41, 5.74) is 5.46. The Bertz CT molecular complexity index is 210. The summed E-state index contributed by atoms with van der Waals surface area (Å²) in [6.45, 7) is 1.66. The maximum Gasteiger partial charge on any atom is 0.225 e. The first kappa shape index (κ1) is 14.5. The zero-order chi connectivity index (χ0) is 12.5. The topological polar surface area (TPSA) is 46.3 Å². The molecule has 0 heterocycles. The fourth-order valence-electron chi connectivity index (χ4n) is 2.62. The number of unbranched alkanes of at least 4 members (excludes halogenated alkanes) is 2. The van der Waals surface area contributed by atoms with Crippen LogP contribution in [-0.4, -0.2) is 30.9 Å². The molecule has 0 bridgehead atoms. The molecular formula is C14H28N2O. The van der Waals surface area contributed by atoms with E-state index in [1.54, 1.807) is 0 Å². The maximum absolute atomic E-state index is 12.2. The van der Waals surface area contributed by atoms with Gasteiger partial charge in [0, 0.05) is 19.5 Å². The van der Waals surface area contributed by atoms with Crippen molar-refractivity contribution in [2.75, 3.05) is 20.1 Å². The fraction of sp³-hybridized carbons (Fsp3) is 0.929. The number of hydrogen-bond donors (Lipinski definition) is 1. The summed E-state index contributed by atoms with van der Waals surface area (Å²) in [6.07, 6.45) is 10.6. The number of carbonyl (C=O) groups is 1. The van der Waals surface area contributed by atoms with Gasteiger partial charge in [0.1, 0.15) is 0 Å². The Balaban J connectivity index is 2.24. The number of carbonyl (C=O) groups excluding carboxylic acids is 1. The third-order valence-corrected chi connectivity index (χ3v) is 3.78. The molecule has 0 aromatic carbocycles. The molecule has 0 aromatic rings. The van der Waals surface area contributed by atoms with Crippen LogP contribution in [0.5, 0.6) is 0 Å². The van der Waals surface area contributed by atoms with Crippen LogP contribution in [0.2, 0.25) is 0 Å². The summed E-state index contributed by atoms with van der Waals surface area (Å²) >= 11 is 0. The third kappa shape index (κ3) is 5.53. The molecule has 1 amide bonds. The summed E-state index contributed by atoms with van der Waals surface area (Å²) in [4.78, 5) is 14.2. The third-order valence-electron chi connectivity index (χ3n) is 3.78. The van der Waals surface area contributed by atoms with E-state index in [4.69, 9.17) is 5.73 Å². The van der Waals surface area contributed by atoms with Crippen LogP contribution < -0.4 is 5.73 Å². The minimum atomic E-state index is 0.303. The molecule has 0 spiro atoms. The van der Waals surface area contributed by atoms with Crippen molar-refractivity contribution < 1.29 is 4.79 Å². The van der Waals surface area contributed by atoms with Gasteiger partial charge in [-0.25, -0.2) is 0 Å². The molecular weight excluding hydrogens is 212 g/mol. The lowest BCUT2D eigenvalue weighted by molar-refractivity contribution is -0.134. The molecule has 0 radical (unpaired) electrons. The van der Waals surface area contributed by atoms with Crippen LogP contribution in [0.3, 0.4) is 0 Å². The van der Waals surface area contributed by atoms with E-state index >= 15 is 0 Å². The van der Waals surface area contributed by atoms with Gasteiger partial charge in [0.25, 0.3) is 0 Å². The Hall–Kier alpha value is -0.570. The smallest absolute Gasteiger partial charge is 0.225 e. The standard InChI is InChI=1S/C14H28N2O/c1-16(12-8-4-7-11-15)14(17)13-9-5-2-3-6-10-13/h13H,2-12,15H2,1H3. The van der Waals surface area contributed by atoms with Gasteiger partial charge in [0.05, 0.1) is 0 Å². The second kappa shape index (κ2) is 8.51. The van der Waals surface area contributed by atoms with Gasteiger partial charge in [-0.1, -0.05) is 32.1 Å². The second-order valence-electron chi connectivity index (χ2n) is 5.30. The highest BCUT2D eigenvalue weighted by molar-refractivity contribution is 5.78. The van der Waals surface area contributed by atoms with Gasteiger partial charge in [0.2, 0.25) is 5.91 Å². The van der Waals surface area contributed by atoms with Gasteiger partial charge < -0.3 is 10.6 Å². The van der Waals surface area contributed by atoms with Crippen molar-refractivity contribution in [1.82, 2.24) is 4.90 Å². The average Bonchev–Trinajstić information content (AvgIpc) is 2.62. The van der Waals surface area contributed by atoms with Gasteiger partial charge in [-0.05, 0) is 32.2 Å². The molecule has 17 heavy (non-hydrogen) atoms. The molecule has 1 rings (SSSR count). The first-order valence-electron chi connectivity index (χ1n) is 7.20. The van der Waals surface area contributed by atoms with E-state index in [0.717, 1.165) is 45.2 Å². The van der Waals surface area contributed by atoms with Gasteiger partial charge in [-0.2, -0.15) is 0 Å². The molecule has 0 atom stereocenters. The predicted octanol–water partition coefficient (Wildman–Crippen LogP) is 2.54. The second-order valence-corrected chi connectivity index (χ2v) is 5.30. The molecule has 0 aromatic heterocycles. The van der Waals surface area contributed by atoms with E-state index in [0.29, 0.717) is 11.8 Å². The Morgan fingerprint density at radius 3 is 2.35 bits per heavy atom. The van der Waals surface area contributed by atoms with Gasteiger partial charge in [-0.15, -0.1) is 0 Å². The van der Waals surface area contributed by atoms with Crippen LogP contribution in [0.25, 0.3) is 0 Å². The van der Waals surface area contributed by atoms with E-state index in [9.17, 15) is 4.79 Å². The van der Waals surface area contributed by atoms with Gasteiger partial charge >= 0.3 is 0 Å². The zero-order valence-electron chi connectivity index (χ0n) is 11.3. The number of nitrogens with zero attached hydrogens (tertiary/aromatic N) is 1.